The third kappa shape index (κ3) is 1.20. The summed E-state index contributed by atoms with van der Waals surface area (Å²) < 4.78 is 0. The number of rotatable bonds is 1. The minimum absolute atomic E-state index is 0.259. The van der Waals surface area contributed by atoms with E-state index in [-0.39, 0.29) is 5.82 Å². The van der Waals surface area contributed by atoms with Gasteiger partial charge in [-0.25, -0.2) is 9.97 Å². The number of aromatic nitrogens is 2. The van der Waals surface area contributed by atoms with Gasteiger partial charge in [-0.1, -0.05) is 0 Å². The summed E-state index contributed by atoms with van der Waals surface area (Å²) in [6, 6.07) is 1.89. The van der Waals surface area contributed by atoms with Crippen molar-refractivity contribution in [3.8, 4) is 6.07 Å². The topological polar surface area (TPSA) is 49.6 Å². The summed E-state index contributed by atoms with van der Waals surface area (Å²) in [5.74, 6) is 0.928. The molecule has 1 aliphatic carbocycles. The van der Waals surface area contributed by atoms with Gasteiger partial charge in [0.15, 0.2) is 0 Å². The molecule has 3 nitrogen and oxygen atoms in total. The molecule has 11 heavy (non-hydrogen) atoms. The Kier molecular flexibility index (Phi) is 1.32. The van der Waals surface area contributed by atoms with Crippen molar-refractivity contribution in [2.45, 2.75) is 18.8 Å². The smallest absolute Gasteiger partial charge is 0.227 e. The molecule has 0 amide bonds. The van der Waals surface area contributed by atoms with E-state index in [1.165, 1.54) is 18.4 Å². The highest BCUT2D eigenvalue weighted by Crippen LogP contribution is 2.39. The van der Waals surface area contributed by atoms with Gasteiger partial charge in [-0.15, -0.1) is 0 Å². The summed E-state index contributed by atoms with van der Waals surface area (Å²) in [6.07, 6.45) is 6.00. The van der Waals surface area contributed by atoms with Gasteiger partial charge in [0.25, 0.3) is 0 Å². The fourth-order valence-electron chi connectivity index (χ4n) is 1.02. The maximum absolute atomic E-state index is 8.41. The molecule has 1 aromatic heterocycles. The summed E-state index contributed by atoms with van der Waals surface area (Å²) in [4.78, 5) is 7.77. The fourth-order valence-corrected chi connectivity index (χ4v) is 1.02. The van der Waals surface area contributed by atoms with Crippen LogP contribution in [0, 0.1) is 11.3 Å². The lowest BCUT2D eigenvalue weighted by molar-refractivity contribution is 1.01. The quantitative estimate of drug-likeness (QED) is 0.597. The number of nitriles is 1. The lowest BCUT2D eigenvalue weighted by Gasteiger charge is -1.93. The molecule has 0 atom stereocenters. The van der Waals surface area contributed by atoms with Crippen molar-refractivity contribution in [2.24, 2.45) is 0 Å². The van der Waals surface area contributed by atoms with Crippen LogP contribution in [0.2, 0.25) is 0 Å². The van der Waals surface area contributed by atoms with Crippen molar-refractivity contribution < 1.29 is 0 Å². The molecule has 0 aromatic carbocycles. The van der Waals surface area contributed by atoms with Crippen molar-refractivity contribution in [2.75, 3.05) is 0 Å². The van der Waals surface area contributed by atoms with Gasteiger partial charge < -0.3 is 0 Å². The van der Waals surface area contributed by atoms with Crippen molar-refractivity contribution in [3.63, 3.8) is 0 Å². The molecule has 0 spiro atoms. The molecular formula is C8H7N3. The lowest BCUT2D eigenvalue weighted by atomic mass is 10.2. The average Bonchev–Trinajstić information content (AvgIpc) is 2.87. The largest absolute Gasteiger partial charge is 0.232 e. The van der Waals surface area contributed by atoms with Crippen molar-refractivity contribution >= 4 is 0 Å². The van der Waals surface area contributed by atoms with Gasteiger partial charge in [0.2, 0.25) is 5.82 Å². The number of hydrogen-bond acceptors (Lipinski definition) is 3. The Labute approximate surface area is 64.7 Å². The second-order valence-corrected chi connectivity index (χ2v) is 2.73. The van der Waals surface area contributed by atoms with Crippen LogP contribution < -0.4 is 0 Å². The molecule has 54 valence electrons. The molecule has 2 rings (SSSR count). The monoisotopic (exact) mass is 145 g/mol. The summed E-state index contributed by atoms with van der Waals surface area (Å²) in [5, 5.41) is 8.41. The van der Waals surface area contributed by atoms with E-state index in [4.69, 9.17) is 5.26 Å². The molecule has 3 heteroatoms. The van der Waals surface area contributed by atoms with Gasteiger partial charge in [0.05, 0.1) is 0 Å². The van der Waals surface area contributed by atoms with Crippen molar-refractivity contribution in [1.29, 1.82) is 5.26 Å². The summed E-state index contributed by atoms with van der Waals surface area (Å²) >= 11 is 0. The predicted octanol–water partition coefficient (Wildman–Crippen LogP) is 1.23. The normalized spacial score (nSPS) is 15.9. The highest BCUT2D eigenvalue weighted by molar-refractivity contribution is 5.19. The Bertz CT molecular complexity index is 292. The Morgan fingerprint density at radius 3 is 2.45 bits per heavy atom. The van der Waals surface area contributed by atoms with E-state index >= 15 is 0 Å². The van der Waals surface area contributed by atoms with Gasteiger partial charge in [-0.3, -0.25) is 0 Å². The van der Waals surface area contributed by atoms with Crippen LogP contribution in [0.5, 0.6) is 0 Å². The molecule has 0 radical (unpaired) electrons. The van der Waals surface area contributed by atoms with Gasteiger partial charge in [0.1, 0.15) is 6.07 Å². The molecule has 0 unspecified atom stereocenters. The van der Waals surface area contributed by atoms with Crippen LogP contribution in [0.15, 0.2) is 12.4 Å². The van der Waals surface area contributed by atoms with Crippen LogP contribution in [0.3, 0.4) is 0 Å². The van der Waals surface area contributed by atoms with Gasteiger partial charge in [-0.2, -0.15) is 5.26 Å². The van der Waals surface area contributed by atoms with Crippen LogP contribution in [-0.4, -0.2) is 9.97 Å². The minimum Gasteiger partial charge on any atom is -0.227 e. The van der Waals surface area contributed by atoms with Crippen molar-refractivity contribution in [1.82, 2.24) is 9.97 Å². The van der Waals surface area contributed by atoms with Gasteiger partial charge in [0, 0.05) is 12.4 Å². The third-order valence-corrected chi connectivity index (χ3v) is 1.82. The molecule has 0 N–H and O–H groups in total. The van der Waals surface area contributed by atoms with E-state index in [2.05, 4.69) is 9.97 Å². The van der Waals surface area contributed by atoms with Gasteiger partial charge >= 0.3 is 0 Å². The average molecular weight is 145 g/mol. The van der Waals surface area contributed by atoms with Crippen LogP contribution in [0.1, 0.15) is 30.1 Å². The zero-order valence-corrected chi connectivity index (χ0v) is 5.99. The Hall–Kier alpha value is -1.43. The number of nitrogens with zero attached hydrogens (tertiary/aromatic N) is 3. The second-order valence-electron chi connectivity index (χ2n) is 2.73. The highest BCUT2D eigenvalue weighted by Gasteiger charge is 2.23. The zero-order valence-electron chi connectivity index (χ0n) is 5.99. The first-order valence-electron chi connectivity index (χ1n) is 3.62. The van der Waals surface area contributed by atoms with E-state index in [0.717, 1.165) is 0 Å². The Balaban J connectivity index is 2.27. The van der Waals surface area contributed by atoms with Crippen LogP contribution in [0.4, 0.5) is 0 Å². The first kappa shape index (κ1) is 6.29. The molecule has 1 heterocycles. The SMILES string of the molecule is N#Cc1ncc(C2CC2)cn1. The first-order chi connectivity index (χ1) is 5.40. The molecule has 1 saturated carbocycles. The number of hydrogen-bond donors (Lipinski definition) is 0. The molecule has 0 bridgehead atoms. The van der Waals surface area contributed by atoms with E-state index in [0.29, 0.717) is 5.92 Å². The molecule has 0 saturated heterocycles. The summed E-state index contributed by atoms with van der Waals surface area (Å²) in [7, 11) is 0. The predicted molar refractivity (Wildman–Crippen MR) is 38.7 cm³/mol. The van der Waals surface area contributed by atoms with Crippen molar-refractivity contribution in [3.05, 3.63) is 23.8 Å². The van der Waals surface area contributed by atoms with Crippen LogP contribution in [0.25, 0.3) is 0 Å². The summed E-state index contributed by atoms with van der Waals surface area (Å²) in [5.41, 5.74) is 1.17. The maximum atomic E-state index is 8.41. The molecular weight excluding hydrogens is 138 g/mol. The molecule has 1 aromatic rings. The van der Waals surface area contributed by atoms with Crippen LogP contribution >= 0.6 is 0 Å². The second kappa shape index (κ2) is 2.31. The highest BCUT2D eigenvalue weighted by atomic mass is 14.9. The molecule has 1 fully saturated rings. The van der Waals surface area contributed by atoms with Crippen LogP contribution in [-0.2, 0) is 0 Å². The van der Waals surface area contributed by atoms with E-state index < -0.39 is 0 Å². The Morgan fingerprint density at radius 1 is 1.36 bits per heavy atom. The standard InChI is InChI=1S/C8H7N3/c9-3-8-10-4-7(5-11-8)6-1-2-6/h4-6H,1-2H2. The van der Waals surface area contributed by atoms with E-state index in [1.807, 2.05) is 6.07 Å². The first-order valence-corrected chi connectivity index (χ1v) is 3.62. The summed E-state index contributed by atoms with van der Waals surface area (Å²) in [6.45, 7) is 0. The molecule has 0 aliphatic heterocycles. The minimum atomic E-state index is 0.259. The lowest BCUT2D eigenvalue weighted by Crippen LogP contribution is -1.89. The van der Waals surface area contributed by atoms with E-state index in [9.17, 15) is 0 Å². The fraction of sp³-hybridized carbons (Fsp3) is 0.375. The zero-order chi connectivity index (χ0) is 7.68. The Morgan fingerprint density at radius 2 is 2.00 bits per heavy atom. The molecule has 1 aliphatic rings. The maximum Gasteiger partial charge on any atom is 0.232 e. The third-order valence-electron chi connectivity index (χ3n) is 1.82. The van der Waals surface area contributed by atoms with E-state index in [1.54, 1.807) is 12.4 Å². The van der Waals surface area contributed by atoms with Gasteiger partial charge in [-0.05, 0) is 24.3 Å².